The normalized spacial score (nSPS) is 21.0. The summed E-state index contributed by atoms with van der Waals surface area (Å²) >= 11 is 0. The number of esters is 1. The molecule has 1 saturated carbocycles. The quantitative estimate of drug-likeness (QED) is 0.403. The molecule has 0 bridgehead atoms. The summed E-state index contributed by atoms with van der Waals surface area (Å²) in [5.74, 6) is -0.188. The molecule has 0 aromatic rings. The van der Waals surface area contributed by atoms with Crippen LogP contribution in [0.1, 0.15) is 66.2 Å². The van der Waals surface area contributed by atoms with Gasteiger partial charge in [0.05, 0.1) is 6.61 Å². The summed E-state index contributed by atoms with van der Waals surface area (Å²) < 4.78 is 11.6. The highest BCUT2D eigenvalue weighted by Gasteiger charge is 2.39. The molecule has 1 fully saturated rings. The fourth-order valence-corrected chi connectivity index (χ4v) is 4.01. The molecule has 0 unspecified atom stereocenters. The highest BCUT2D eigenvalue weighted by molar-refractivity contribution is 6.74. The van der Waals surface area contributed by atoms with E-state index in [1.807, 2.05) is 6.92 Å². The lowest BCUT2D eigenvalue weighted by molar-refractivity contribution is -0.137. The van der Waals surface area contributed by atoms with Crippen molar-refractivity contribution in [1.29, 1.82) is 0 Å². The predicted octanol–water partition coefficient (Wildman–Crippen LogP) is 5.22. The van der Waals surface area contributed by atoms with E-state index in [1.165, 1.54) is 5.57 Å². The van der Waals surface area contributed by atoms with Gasteiger partial charge in [0.15, 0.2) is 8.32 Å². The predicted molar refractivity (Wildman–Crippen MR) is 94.5 cm³/mol. The molecule has 0 radical (unpaired) electrons. The van der Waals surface area contributed by atoms with Crippen molar-refractivity contribution in [3.63, 3.8) is 0 Å². The summed E-state index contributed by atoms with van der Waals surface area (Å²) in [5.41, 5.74) is 1.24. The van der Waals surface area contributed by atoms with Gasteiger partial charge in [0.2, 0.25) is 0 Å². The molecule has 1 aliphatic carbocycles. The van der Waals surface area contributed by atoms with Crippen molar-refractivity contribution in [3.8, 4) is 0 Å². The minimum absolute atomic E-state index is 0.188. The molecule has 0 heterocycles. The molecule has 4 heteroatoms. The van der Waals surface area contributed by atoms with Gasteiger partial charge in [-0.3, -0.25) is 0 Å². The molecule has 128 valence electrons. The molecule has 0 N–H and O–H groups in total. The van der Waals surface area contributed by atoms with E-state index in [0.717, 1.165) is 38.5 Å². The van der Waals surface area contributed by atoms with Gasteiger partial charge in [0, 0.05) is 12.2 Å². The second-order valence-corrected chi connectivity index (χ2v) is 12.6. The smallest absolute Gasteiger partial charge is 0.330 e. The minimum Gasteiger partial charge on any atom is -0.463 e. The van der Waals surface area contributed by atoms with Crippen molar-refractivity contribution in [1.82, 2.24) is 0 Å². The SMILES string of the molecule is CCOC(=O)C=C1CCCC(O[Si](C)(C)C(C)(C)C)CCC1. The monoisotopic (exact) mass is 326 g/mol. The molecule has 0 aliphatic heterocycles. The third kappa shape index (κ3) is 6.25. The Morgan fingerprint density at radius 1 is 1.23 bits per heavy atom. The van der Waals surface area contributed by atoms with E-state index in [1.54, 1.807) is 6.08 Å². The Balaban J connectivity index is 2.54. The molecule has 3 nitrogen and oxygen atoms in total. The summed E-state index contributed by atoms with van der Waals surface area (Å²) in [6.45, 7) is 13.8. The first-order valence-electron chi connectivity index (χ1n) is 8.69. The van der Waals surface area contributed by atoms with Crippen LogP contribution >= 0.6 is 0 Å². The van der Waals surface area contributed by atoms with Crippen LogP contribution < -0.4 is 0 Å². The van der Waals surface area contributed by atoms with E-state index in [9.17, 15) is 4.79 Å². The zero-order valence-electron chi connectivity index (χ0n) is 15.3. The number of hydrogen-bond donors (Lipinski definition) is 0. The second-order valence-electron chi connectivity index (χ2n) is 7.84. The maximum absolute atomic E-state index is 11.6. The Hall–Kier alpha value is -0.613. The van der Waals surface area contributed by atoms with Gasteiger partial charge in [-0.05, 0) is 63.6 Å². The Kier molecular flexibility index (Phi) is 7.33. The van der Waals surface area contributed by atoms with Crippen molar-refractivity contribution >= 4 is 14.3 Å². The van der Waals surface area contributed by atoms with E-state index in [4.69, 9.17) is 9.16 Å². The first kappa shape index (κ1) is 19.4. The largest absolute Gasteiger partial charge is 0.463 e. The zero-order valence-corrected chi connectivity index (χ0v) is 16.3. The average Bonchev–Trinajstić information content (AvgIpc) is 2.33. The summed E-state index contributed by atoms with van der Waals surface area (Å²) in [7, 11) is -1.67. The van der Waals surface area contributed by atoms with Gasteiger partial charge >= 0.3 is 5.97 Å². The van der Waals surface area contributed by atoms with Crippen LogP contribution in [-0.2, 0) is 14.0 Å². The topological polar surface area (TPSA) is 35.5 Å². The van der Waals surface area contributed by atoms with Crippen molar-refractivity contribution in [2.45, 2.75) is 90.5 Å². The summed E-state index contributed by atoms with van der Waals surface area (Å²) in [6.07, 6.45) is 8.50. The van der Waals surface area contributed by atoms with Gasteiger partial charge in [-0.2, -0.15) is 0 Å². The molecular formula is C18H34O3Si. The van der Waals surface area contributed by atoms with Crippen molar-refractivity contribution in [3.05, 3.63) is 11.6 Å². The Bertz CT molecular complexity index is 382. The molecule has 0 spiro atoms. The number of allylic oxidation sites excluding steroid dienone is 1. The molecule has 1 aliphatic rings. The second kappa shape index (κ2) is 8.30. The maximum Gasteiger partial charge on any atom is 0.330 e. The first-order valence-corrected chi connectivity index (χ1v) is 11.6. The van der Waals surface area contributed by atoms with Crippen LogP contribution in [0, 0.1) is 0 Å². The van der Waals surface area contributed by atoms with E-state index in [0.29, 0.717) is 12.7 Å². The minimum atomic E-state index is -1.67. The maximum atomic E-state index is 11.6. The Labute approximate surface area is 137 Å². The van der Waals surface area contributed by atoms with Crippen molar-refractivity contribution in [2.24, 2.45) is 0 Å². The van der Waals surface area contributed by atoms with Gasteiger partial charge in [0.1, 0.15) is 0 Å². The van der Waals surface area contributed by atoms with E-state index >= 15 is 0 Å². The first-order chi connectivity index (χ1) is 10.2. The van der Waals surface area contributed by atoms with Gasteiger partial charge < -0.3 is 9.16 Å². The van der Waals surface area contributed by atoms with Crippen LogP contribution in [0.3, 0.4) is 0 Å². The number of rotatable bonds is 4. The molecule has 0 aromatic heterocycles. The highest BCUT2D eigenvalue weighted by Crippen LogP contribution is 2.38. The third-order valence-corrected chi connectivity index (χ3v) is 9.46. The fraction of sp³-hybridized carbons (Fsp3) is 0.833. The molecule has 0 saturated heterocycles. The van der Waals surface area contributed by atoms with Gasteiger partial charge in [-0.15, -0.1) is 0 Å². The Morgan fingerprint density at radius 2 is 1.77 bits per heavy atom. The van der Waals surface area contributed by atoms with Crippen molar-refractivity contribution < 1.29 is 14.0 Å². The van der Waals surface area contributed by atoms with Crippen molar-refractivity contribution in [2.75, 3.05) is 6.61 Å². The lowest BCUT2D eigenvalue weighted by atomic mass is 9.94. The molecule has 0 amide bonds. The Morgan fingerprint density at radius 3 is 2.23 bits per heavy atom. The molecular weight excluding hydrogens is 292 g/mol. The van der Waals surface area contributed by atoms with Crippen LogP contribution in [0.25, 0.3) is 0 Å². The highest BCUT2D eigenvalue weighted by atomic mass is 28.4. The van der Waals surface area contributed by atoms with Gasteiger partial charge in [-0.25, -0.2) is 4.79 Å². The lowest BCUT2D eigenvalue weighted by Gasteiger charge is -2.40. The summed E-state index contributed by atoms with van der Waals surface area (Å²) in [5, 5.41) is 0.268. The van der Waals surface area contributed by atoms with E-state index in [-0.39, 0.29) is 11.0 Å². The fourth-order valence-electron chi connectivity index (χ4n) is 2.59. The lowest BCUT2D eigenvalue weighted by Crippen LogP contribution is -2.44. The number of carbonyl (C=O) groups is 1. The van der Waals surface area contributed by atoms with Crippen LogP contribution in [0.2, 0.25) is 18.1 Å². The van der Waals surface area contributed by atoms with Crippen LogP contribution in [0.5, 0.6) is 0 Å². The van der Waals surface area contributed by atoms with Crippen LogP contribution in [0.15, 0.2) is 11.6 Å². The summed E-state index contributed by atoms with van der Waals surface area (Å²) in [4.78, 5) is 11.6. The zero-order chi connectivity index (χ0) is 16.8. The van der Waals surface area contributed by atoms with Gasteiger partial charge in [0.25, 0.3) is 0 Å². The molecule has 22 heavy (non-hydrogen) atoms. The van der Waals surface area contributed by atoms with E-state index < -0.39 is 8.32 Å². The molecule has 0 aromatic carbocycles. The third-order valence-electron chi connectivity index (χ3n) is 4.92. The van der Waals surface area contributed by atoms with E-state index in [2.05, 4.69) is 33.9 Å². The average molecular weight is 327 g/mol. The van der Waals surface area contributed by atoms with Gasteiger partial charge in [-0.1, -0.05) is 26.3 Å². The number of ether oxygens (including phenoxy) is 1. The summed E-state index contributed by atoms with van der Waals surface area (Å²) in [6, 6.07) is 0. The standard InChI is InChI=1S/C18H34O3Si/c1-7-20-17(19)14-15-10-8-12-16(13-9-11-15)21-22(5,6)18(2,3)4/h14,16H,7-13H2,1-6H3. The number of hydrogen-bond acceptors (Lipinski definition) is 3. The molecule has 1 rings (SSSR count). The molecule has 0 atom stereocenters. The number of carbonyl (C=O) groups excluding carboxylic acids is 1. The van der Waals surface area contributed by atoms with Crippen LogP contribution in [-0.4, -0.2) is 27.0 Å². The van der Waals surface area contributed by atoms with Crippen LogP contribution in [0.4, 0.5) is 0 Å².